The third-order valence-corrected chi connectivity index (χ3v) is 6.90. The van der Waals surface area contributed by atoms with E-state index in [1.807, 2.05) is 60.0 Å². The molecule has 0 spiro atoms. The Balaban J connectivity index is 1.42. The maximum Gasteiger partial charge on any atom is 0.406 e. The predicted molar refractivity (Wildman–Crippen MR) is 128 cm³/mol. The molecular formula is C23H24N6O2S. The van der Waals surface area contributed by atoms with Crippen molar-refractivity contribution in [1.29, 1.82) is 0 Å². The van der Waals surface area contributed by atoms with Crippen LogP contribution in [-0.4, -0.2) is 45.6 Å². The largest absolute Gasteiger partial charge is 0.406 e. The zero-order valence-electron chi connectivity index (χ0n) is 17.8. The number of nitro groups is 1. The van der Waals surface area contributed by atoms with Gasteiger partial charge in [-0.15, -0.1) is 0 Å². The van der Waals surface area contributed by atoms with E-state index in [2.05, 4.69) is 20.9 Å². The average Bonchev–Trinajstić information content (AvgIpc) is 3.41. The van der Waals surface area contributed by atoms with Crippen LogP contribution < -0.4 is 9.80 Å². The number of aryl methyl sites for hydroxylation is 1. The van der Waals surface area contributed by atoms with Crippen LogP contribution in [-0.2, 0) is 13.0 Å². The van der Waals surface area contributed by atoms with Gasteiger partial charge >= 0.3 is 5.82 Å². The molecule has 1 fully saturated rings. The van der Waals surface area contributed by atoms with E-state index >= 15 is 0 Å². The number of hydrogen-bond donors (Lipinski definition) is 0. The minimum atomic E-state index is -0.351. The summed E-state index contributed by atoms with van der Waals surface area (Å²) in [7, 11) is 0. The second-order valence-electron chi connectivity index (χ2n) is 7.80. The van der Waals surface area contributed by atoms with Gasteiger partial charge in [-0.25, -0.2) is 4.98 Å². The van der Waals surface area contributed by atoms with Gasteiger partial charge in [0.1, 0.15) is 0 Å². The van der Waals surface area contributed by atoms with E-state index in [0.717, 1.165) is 35.1 Å². The van der Waals surface area contributed by atoms with Gasteiger partial charge < -0.3 is 19.9 Å². The molecule has 9 heteroatoms. The van der Waals surface area contributed by atoms with Crippen LogP contribution in [0.3, 0.4) is 0 Å². The van der Waals surface area contributed by atoms with Crippen molar-refractivity contribution in [3.8, 4) is 0 Å². The van der Waals surface area contributed by atoms with Crippen molar-refractivity contribution in [3.05, 3.63) is 76.1 Å². The van der Waals surface area contributed by atoms with Gasteiger partial charge in [-0.05, 0) is 27.6 Å². The summed E-state index contributed by atoms with van der Waals surface area (Å²) in [4.78, 5) is 25.1. The first-order chi connectivity index (χ1) is 15.6. The number of nitrogens with zero attached hydrogens (tertiary/aromatic N) is 6. The fraction of sp³-hybridized carbons (Fsp3) is 0.304. The van der Waals surface area contributed by atoms with Crippen molar-refractivity contribution in [2.75, 3.05) is 36.0 Å². The number of fused-ring (bicyclic) bond motifs is 1. The molecule has 0 radical (unpaired) electrons. The standard InChI is InChI=1S/C23H24N6O2S/c1-2-20-25-21(29(30)31)22(28(20)16-17-8-4-3-5-9-17)26-12-14-27(15-13-26)23-24-18-10-6-7-11-19(18)32-23/h3-11H,2,12-16H2,1H3. The quantitative estimate of drug-likeness (QED) is 0.322. The summed E-state index contributed by atoms with van der Waals surface area (Å²) in [5.74, 6) is 1.30. The number of hydrogen-bond acceptors (Lipinski definition) is 7. The Labute approximate surface area is 189 Å². The normalized spacial score (nSPS) is 14.3. The molecule has 0 amide bonds. The second kappa shape index (κ2) is 8.58. The number of benzene rings is 2. The summed E-state index contributed by atoms with van der Waals surface area (Å²) >= 11 is 1.69. The van der Waals surface area contributed by atoms with E-state index < -0.39 is 0 Å². The number of aromatic nitrogens is 3. The van der Waals surface area contributed by atoms with Crippen molar-refractivity contribution in [1.82, 2.24) is 14.5 Å². The molecule has 0 unspecified atom stereocenters. The van der Waals surface area contributed by atoms with Crippen LogP contribution >= 0.6 is 11.3 Å². The van der Waals surface area contributed by atoms with E-state index in [1.54, 1.807) is 11.3 Å². The molecule has 5 rings (SSSR count). The van der Waals surface area contributed by atoms with Gasteiger partial charge in [0.2, 0.25) is 11.6 Å². The molecule has 0 atom stereocenters. The lowest BCUT2D eigenvalue weighted by Gasteiger charge is -2.35. The Hall–Kier alpha value is -3.46. The molecule has 1 aliphatic rings. The predicted octanol–water partition coefficient (Wildman–Crippen LogP) is 4.34. The maximum absolute atomic E-state index is 11.9. The molecular weight excluding hydrogens is 424 g/mol. The van der Waals surface area contributed by atoms with Crippen molar-refractivity contribution in [2.24, 2.45) is 0 Å². The summed E-state index contributed by atoms with van der Waals surface area (Å²) in [5, 5.41) is 12.9. The number of anilines is 2. The molecule has 2 aromatic carbocycles. The van der Waals surface area contributed by atoms with Gasteiger partial charge in [-0.1, -0.05) is 60.7 Å². The number of para-hydroxylation sites is 1. The Morgan fingerprint density at radius 2 is 1.66 bits per heavy atom. The zero-order chi connectivity index (χ0) is 22.1. The molecule has 0 saturated carbocycles. The molecule has 1 saturated heterocycles. The average molecular weight is 449 g/mol. The summed E-state index contributed by atoms with van der Waals surface area (Å²) in [6.45, 7) is 5.44. The van der Waals surface area contributed by atoms with Gasteiger partial charge in [-0.3, -0.25) is 4.57 Å². The Bertz CT molecular complexity index is 1210. The first-order valence-electron chi connectivity index (χ1n) is 10.8. The highest BCUT2D eigenvalue weighted by Gasteiger charge is 2.33. The van der Waals surface area contributed by atoms with Crippen LogP contribution in [0.5, 0.6) is 0 Å². The lowest BCUT2D eigenvalue weighted by molar-refractivity contribution is -0.388. The summed E-state index contributed by atoms with van der Waals surface area (Å²) in [6.07, 6.45) is 0.638. The molecule has 0 aliphatic carbocycles. The topological polar surface area (TPSA) is 80.3 Å². The first kappa shape index (κ1) is 20.4. The van der Waals surface area contributed by atoms with E-state index in [9.17, 15) is 10.1 Å². The molecule has 4 aromatic rings. The second-order valence-corrected chi connectivity index (χ2v) is 8.81. The number of imidazole rings is 1. The maximum atomic E-state index is 11.9. The summed E-state index contributed by atoms with van der Waals surface area (Å²) < 4.78 is 3.19. The van der Waals surface area contributed by atoms with Crippen molar-refractivity contribution in [3.63, 3.8) is 0 Å². The molecule has 1 aliphatic heterocycles. The van der Waals surface area contributed by atoms with Gasteiger partial charge in [-0.2, -0.15) is 0 Å². The van der Waals surface area contributed by atoms with Gasteiger partial charge in [0.25, 0.3) is 0 Å². The minimum absolute atomic E-state index is 0.0498. The third kappa shape index (κ3) is 3.80. The summed E-state index contributed by atoms with van der Waals surface area (Å²) in [6, 6.07) is 18.2. The lowest BCUT2D eigenvalue weighted by Crippen LogP contribution is -2.47. The van der Waals surface area contributed by atoms with E-state index in [-0.39, 0.29) is 10.7 Å². The van der Waals surface area contributed by atoms with Crippen LogP contribution in [0.4, 0.5) is 16.8 Å². The lowest BCUT2D eigenvalue weighted by atomic mass is 10.2. The zero-order valence-corrected chi connectivity index (χ0v) is 18.7. The molecule has 0 N–H and O–H groups in total. The van der Waals surface area contributed by atoms with E-state index in [1.165, 1.54) is 4.70 Å². The SMILES string of the molecule is CCc1nc([N+](=O)[O-])c(N2CCN(c3nc4ccccc4s3)CC2)n1Cc1ccccc1. The molecule has 3 heterocycles. The Morgan fingerprint density at radius 1 is 0.969 bits per heavy atom. The molecule has 8 nitrogen and oxygen atoms in total. The number of rotatable bonds is 6. The fourth-order valence-electron chi connectivity index (χ4n) is 4.22. The van der Waals surface area contributed by atoms with Gasteiger partial charge in [0.05, 0.1) is 16.8 Å². The monoisotopic (exact) mass is 448 g/mol. The highest BCUT2D eigenvalue weighted by molar-refractivity contribution is 7.22. The molecule has 0 bridgehead atoms. The number of piperazine rings is 1. The number of thiazole rings is 1. The highest BCUT2D eigenvalue weighted by Crippen LogP contribution is 2.33. The smallest absolute Gasteiger partial charge is 0.358 e. The first-order valence-corrected chi connectivity index (χ1v) is 11.6. The van der Waals surface area contributed by atoms with Crippen LogP contribution in [0, 0.1) is 10.1 Å². The van der Waals surface area contributed by atoms with Gasteiger partial charge in [0, 0.05) is 32.6 Å². The molecule has 2 aromatic heterocycles. The van der Waals surface area contributed by atoms with E-state index in [4.69, 9.17) is 4.98 Å². The van der Waals surface area contributed by atoms with Crippen LogP contribution in [0.2, 0.25) is 0 Å². The van der Waals surface area contributed by atoms with E-state index in [0.29, 0.717) is 31.9 Å². The highest BCUT2D eigenvalue weighted by atomic mass is 32.1. The minimum Gasteiger partial charge on any atom is -0.358 e. The van der Waals surface area contributed by atoms with Crippen molar-refractivity contribution >= 4 is 38.3 Å². The Morgan fingerprint density at radius 3 is 2.34 bits per heavy atom. The molecule has 32 heavy (non-hydrogen) atoms. The van der Waals surface area contributed by atoms with Crippen LogP contribution in [0.1, 0.15) is 18.3 Å². The van der Waals surface area contributed by atoms with Crippen molar-refractivity contribution < 1.29 is 4.92 Å². The van der Waals surface area contributed by atoms with Crippen LogP contribution in [0.25, 0.3) is 10.2 Å². The van der Waals surface area contributed by atoms with Crippen molar-refractivity contribution in [2.45, 2.75) is 19.9 Å². The fourth-order valence-corrected chi connectivity index (χ4v) is 5.23. The third-order valence-electron chi connectivity index (χ3n) is 5.81. The van der Waals surface area contributed by atoms with Crippen LogP contribution in [0.15, 0.2) is 54.6 Å². The van der Waals surface area contributed by atoms with Gasteiger partial charge in [0.15, 0.2) is 5.13 Å². The Kier molecular flexibility index (Phi) is 5.48. The molecule has 164 valence electrons. The summed E-state index contributed by atoms with van der Waals surface area (Å²) in [5.41, 5.74) is 2.11.